The van der Waals surface area contributed by atoms with Crippen molar-refractivity contribution >= 4 is 5.91 Å². The van der Waals surface area contributed by atoms with Gasteiger partial charge in [-0.05, 0) is 42.9 Å². The summed E-state index contributed by atoms with van der Waals surface area (Å²) in [7, 11) is 0. The molecule has 18 heavy (non-hydrogen) atoms. The molecule has 0 unspecified atom stereocenters. The molecule has 0 bridgehead atoms. The topological polar surface area (TPSA) is 29.1 Å². The number of hydrogen-bond acceptors (Lipinski definition) is 1. The van der Waals surface area contributed by atoms with E-state index in [1.54, 1.807) is 0 Å². The smallest absolute Gasteiger partial charge is 0.220 e. The van der Waals surface area contributed by atoms with Gasteiger partial charge in [0.25, 0.3) is 0 Å². The van der Waals surface area contributed by atoms with Crippen LogP contribution < -0.4 is 5.32 Å². The molecule has 0 aliphatic carbocycles. The molecule has 0 fully saturated rings. The Balaban J connectivity index is 2.08. The molecule has 0 saturated heterocycles. The Bertz CT molecular complexity index is 359. The highest BCUT2D eigenvalue weighted by Crippen LogP contribution is 2.06. The quantitative estimate of drug-likeness (QED) is 0.740. The number of rotatable bonds is 7. The minimum Gasteiger partial charge on any atom is -0.356 e. The van der Waals surface area contributed by atoms with Gasteiger partial charge in [-0.1, -0.05) is 26.0 Å². The summed E-state index contributed by atoms with van der Waals surface area (Å²) in [5, 5.41) is 2.91. The van der Waals surface area contributed by atoms with E-state index in [0.717, 1.165) is 31.4 Å². The molecule has 1 N–H and O–H groups in total. The first kappa shape index (κ1) is 14.7. The lowest BCUT2D eigenvalue weighted by Crippen LogP contribution is -2.25. The molecule has 0 radical (unpaired) electrons. The van der Waals surface area contributed by atoms with E-state index in [9.17, 15) is 9.18 Å². The summed E-state index contributed by atoms with van der Waals surface area (Å²) in [6.45, 7) is 4.80. The van der Waals surface area contributed by atoms with Gasteiger partial charge in [-0.15, -0.1) is 0 Å². The van der Waals surface area contributed by atoms with Gasteiger partial charge in [-0.3, -0.25) is 4.79 Å². The largest absolute Gasteiger partial charge is 0.356 e. The summed E-state index contributed by atoms with van der Waals surface area (Å²) in [5.41, 5.74) is 1.14. The summed E-state index contributed by atoms with van der Waals surface area (Å²) < 4.78 is 12.7. The third-order valence-electron chi connectivity index (χ3n) is 2.72. The van der Waals surface area contributed by atoms with Gasteiger partial charge in [-0.2, -0.15) is 0 Å². The van der Waals surface area contributed by atoms with E-state index in [0.29, 0.717) is 12.3 Å². The predicted molar refractivity (Wildman–Crippen MR) is 71.8 cm³/mol. The molecule has 1 amide bonds. The fraction of sp³-hybridized carbons (Fsp3) is 0.533. The van der Waals surface area contributed by atoms with Gasteiger partial charge in [0.2, 0.25) is 5.91 Å². The average Bonchev–Trinajstić information content (AvgIpc) is 2.30. The first-order valence-corrected chi connectivity index (χ1v) is 6.59. The average molecular weight is 251 g/mol. The van der Waals surface area contributed by atoms with Crippen LogP contribution in [0, 0.1) is 11.7 Å². The van der Waals surface area contributed by atoms with Crippen molar-refractivity contribution in [2.75, 3.05) is 6.54 Å². The van der Waals surface area contributed by atoms with Crippen LogP contribution in [0.4, 0.5) is 4.39 Å². The van der Waals surface area contributed by atoms with E-state index < -0.39 is 0 Å². The highest BCUT2D eigenvalue weighted by atomic mass is 19.1. The van der Waals surface area contributed by atoms with Crippen molar-refractivity contribution in [1.29, 1.82) is 0 Å². The number of amides is 1. The summed E-state index contributed by atoms with van der Waals surface area (Å²) >= 11 is 0. The minimum atomic E-state index is -0.195. The first-order valence-electron chi connectivity index (χ1n) is 6.59. The molecule has 1 aromatic carbocycles. The van der Waals surface area contributed by atoms with E-state index in [4.69, 9.17) is 0 Å². The third-order valence-corrected chi connectivity index (χ3v) is 2.72. The van der Waals surface area contributed by atoms with Gasteiger partial charge < -0.3 is 5.32 Å². The number of carbonyl (C=O) groups is 1. The Morgan fingerprint density at radius 1 is 1.22 bits per heavy atom. The standard InChI is InChI=1S/C15H22FNO/c1-12(2)11-15(18)17-10-4-3-5-13-6-8-14(16)9-7-13/h6-9,12H,3-5,10-11H2,1-2H3,(H,17,18). The highest BCUT2D eigenvalue weighted by molar-refractivity contribution is 5.75. The van der Waals surface area contributed by atoms with Crippen molar-refractivity contribution in [3.8, 4) is 0 Å². The van der Waals surface area contributed by atoms with Crippen LogP contribution in [-0.4, -0.2) is 12.5 Å². The molecule has 100 valence electrons. The van der Waals surface area contributed by atoms with E-state index >= 15 is 0 Å². The Morgan fingerprint density at radius 2 is 1.89 bits per heavy atom. The molecule has 3 heteroatoms. The van der Waals surface area contributed by atoms with E-state index in [1.807, 2.05) is 26.0 Å². The Hall–Kier alpha value is -1.38. The van der Waals surface area contributed by atoms with Crippen molar-refractivity contribution in [1.82, 2.24) is 5.32 Å². The van der Waals surface area contributed by atoms with Crippen molar-refractivity contribution in [2.24, 2.45) is 5.92 Å². The van der Waals surface area contributed by atoms with Gasteiger partial charge >= 0.3 is 0 Å². The molecule has 0 atom stereocenters. The normalized spacial score (nSPS) is 10.7. The van der Waals surface area contributed by atoms with Crippen LogP contribution >= 0.6 is 0 Å². The Kier molecular flexibility index (Phi) is 6.40. The van der Waals surface area contributed by atoms with Gasteiger partial charge in [0.05, 0.1) is 0 Å². The van der Waals surface area contributed by atoms with E-state index in [1.165, 1.54) is 12.1 Å². The van der Waals surface area contributed by atoms with Gasteiger partial charge in [0.15, 0.2) is 0 Å². The van der Waals surface area contributed by atoms with Crippen LogP contribution in [-0.2, 0) is 11.2 Å². The Labute approximate surface area is 109 Å². The number of unbranched alkanes of at least 4 members (excludes halogenated alkanes) is 1. The van der Waals surface area contributed by atoms with Crippen molar-refractivity contribution in [2.45, 2.75) is 39.5 Å². The number of aryl methyl sites for hydroxylation is 1. The van der Waals surface area contributed by atoms with Crippen molar-refractivity contribution in [3.05, 3.63) is 35.6 Å². The number of benzene rings is 1. The van der Waals surface area contributed by atoms with Crippen LogP contribution in [0.2, 0.25) is 0 Å². The zero-order valence-electron chi connectivity index (χ0n) is 11.2. The fourth-order valence-corrected chi connectivity index (χ4v) is 1.78. The number of hydrogen-bond donors (Lipinski definition) is 1. The minimum absolute atomic E-state index is 0.131. The molecule has 2 nitrogen and oxygen atoms in total. The summed E-state index contributed by atoms with van der Waals surface area (Å²) in [4.78, 5) is 11.4. The Morgan fingerprint density at radius 3 is 2.50 bits per heavy atom. The lowest BCUT2D eigenvalue weighted by molar-refractivity contribution is -0.121. The maximum Gasteiger partial charge on any atom is 0.220 e. The maximum absolute atomic E-state index is 12.7. The molecule has 0 saturated carbocycles. The van der Waals surface area contributed by atoms with E-state index in [-0.39, 0.29) is 11.7 Å². The molecule has 0 spiro atoms. The molecule has 0 aromatic heterocycles. The second kappa shape index (κ2) is 7.85. The summed E-state index contributed by atoms with van der Waals surface area (Å²) in [6.07, 6.45) is 3.49. The van der Waals surface area contributed by atoms with Crippen LogP contribution in [0.3, 0.4) is 0 Å². The lowest BCUT2D eigenvalue weighted by Gasteiger charge is -2.07. The second-order valence-electron chi connectivity index (χ2n) is 5.03. The summed E-state index contributed by atoms with van der Waals surface area (Å²) in [5.74, 6) is 0.343. The van der Waals surface area contributed by atoms with Crippen LogP contribution in [0.15, 0.2) is 24.3 Å². The molecular formula is C15H22FNO. The van der Waals surface area contributed by atoms with E-state index in [2.05, 4.69) is 5.32 Å². The first-order chi connectivity index (χ1) is 8.58. The molecule has 0 aliphatic heterocycles. The van der Waals surface area contributed by atoms with Crippen LogP contribution in [0.25, 0.3) is 0 Å². The number of carbonyl (C=O) groups excluding carboxylic acids is 1. The van der Waals surface area contributed by atoms with Crippen LogP contribution in [0.1, 0.15) is 38.7 Å². The monoisotopic (exact) mass is 251 g/mol. The van der Waals surface area contributed by atoms with Crippen molar-refractivity contribution in [3.63, 3.8) is 0 Å². The molecule has 1 rings (SSSR count). The van der Waals surface area contributed by atoms with Gasteiger partial charge in [0, 0.05) is 13.0 Å². The molecule has 0 heterocycles. The predicted octanol–water partition coefficient (Wildman–Crippen LogP) is 3.31. The zero-order chi connectivity index (χ0) is 13.4. The van der Waals surface area contributed by atoms with Crippen molar-refractivity contribution < 1.29 is 9.18 Å². The third kappa shape index (κ3) is 6.38. The summed E-state index contributed by atoms with van der Waals surface area (Å²) in [6, 6.07) is 6.60. The fourth-order valence-electron chi connectivity index (χ4n) is 1.78. The second-order valence-corrected chi connectivity index (χ2v) is 5.03. The van der Waals surface area contributed by atoms with Crippen LogP contribution in [0.5, 0.6) is 0 Å². The SMILES string of the molecule is CC(C)CC(=O)NCCCCc1ccc(F)cc1. The molecular weight excluding hydrogens is 229 g/mol. The van der Waals surface area contributed by atoms with Gasteiger partial charge in [0.1, 0.15) is 5.82 Å². The molecule has 0 aliphatic rings. The highest BCUT2D eigenvalue weighted by Gasteiger charge is 2.03. The maximum atomic E-state index is 12.7. The van der Waals surface area contributed by atoms with Gasteiger partial charge in [-0.25, -0.2) is 4.39 Å². The number of halogens is 1. The zero-order valence-corrected chi connectivity index (χ0v) is 11.2. The number of nitrogens with one attached hydrogen (secondary N) is 1. The molecule has 1 aromatic rings. The lowest BCUT2D eigenvalue weighted by atomic mass is 10.1.